The number of amides is 1. The summed E-state index contributed by atoms with van der Waals surface area (Å²) in [7, 11) is 0. The van der Waals surface area contributed by atoms with Crippen LogP contribution in [-0.2, 0) is 19.1 Å². The fourth-order valence-corrected chi connectivity index (χ4v) is 1.65. The molecule has 1 atom stereocenters. The van der Waals surface area contributed by atoms with Crippen LogP contribution < -0.4 is 10.6 Å². The summed E-state index contributed by atoms with van der Waals surface area (Å²) in [6.45, 7) is 7.10. The first-order valence-corrected chi connectivity index (χ1v) is 6.06. The monoisotopic (exact) mass is 269 g/mol. The van der Waals surface area contributed by atoms with Gasteiger partial charge < -0.3 is 14.8 Å². The van der Waals surface area contributed by atoms with Crippen LogP contribution in [0.1, 0.15) is 6.92 Å². The summed E-state index contributed by atoms with van der Waals surface area (Å²) in [5, 5.41) is 5.63. The van der Waals surface area contributed by atoms with Crippen LogP contribution >= 0.6 is 0 Å². The third kappa shape index (κ3) is 5.19. The lowest BCUT2D eigenvalue weighted by Crippen LogP contribution is -2.42. The molecule has 7 nitrogen and oxygen atoms in total. The highest BCUT2D eigenvalue weighted by Crippen LogP contribution is 1.99. The topological polar surface area (TPSA) is 87.7 Å². The largest absolute Gasteiger partial charge is 0.452 e. The molecular formula is C12H19N3O4. The highest BCUT2D eigenvalue weighted by molar-refractivity contribution is 5.89. The van der Waals surface area contributed by atoms with Crippen LogP contribution in [-0.4, -0.2) is 62.0 Å². The Morgan fingerprint density at radius 1 is 1.58 bits per heavy atom. The fourth-order valence-electron chi connectivity index (χ4n) is 1.65. The van der Waals surface area contributed by atoms with Crippen molar-refractivity contribution in [3.63, 3.8) is 0 Å². The summed E-state index contributed by atoms with van der Waals surface area (Å²) < 4.78 is 4.70. The van der Waals surface area contributed by atoms with Crippen LogP contribution in [0.5, 0.6) is 0 Å². The van der Waals surface area contributed by atoms with Crippen LogP contribution in [0.2, 0.25) is 0 Å². The molecule has 7 heteroatoms. The molecule has 0 aromatic rings. The third-order valence-corrected chi connectivity index (χ3v) is 2.68. The fraction of sp³-hybridized carbons (Fsp3) is 0.583. The summed E-state index contributed by atoms with van der Waals surface area (Å²) in [6, 6.07) is 0. The maximum atomic E-state index is 11.4. The normalized spacial score (nSPS) is 18.9. The van der Waals surface area contributed by atoms with Crippen molar-refractivity contribution in [2.24, 2.45) is 0 Å². The van der Waals surface area contributed by atoms with E-state index in [0.717, 1.165) is 19.4 Å². The molecule has 0 saturated carbocycles. The van der Waals surface area contributed by atoms with Crippen molar-refractivity contribution in [2.75, 3.05) is 32.8 Å². The van der Waals surface area contributed by atoms with Gasteiger partial charge in [0.25, 0.3) is 5.91 Å². The Hall–Kier alpha value is -1.73. The number of hydrogen-bond acceptors (Lipinski definition) is 6. The molecule has 1 fully saturated rings. The number of hydrogen-bond donors (Lipinski definition) is 2. The van der Waals surface area contributed by atoms with Gasteiger partial charge in [0.05, 0.1) is 0 Å². The molecule has 0 spiro atoms. The van der Waals surface area contributed by atoms with E-state index >= 15 is 0 Å². The molecule has 2 N–H and O–H groups in total. The average molecular weight is 269 g/mol. The number of ether oxygens (including phenoxy) is 1. The Labute approximate surface area is 112 Å². The van der Waals surface area contributed by atoms with Gasteiger partial charge in [0.1, 0.15) is 6.17 Å². The van der Waals surface area contributed by atoms with E-state index < -0.39 is 5.97 Å². The molecule has 0 aromatic heterocycles. The van der Waals surface area contributed by atoms with Crippen LogP contribution in [0, 0.1) is 0 Å². The number of carbonyl (C=O) groups is 3. The van der Waals surface area contributed by atoms with Crippen LogP contribution in [0.4, 0.5) is 0 Å². The van der Waals surface area contributed by atoms with Crippen LogP contribution in [0.3, 0.4) is 0 Å². The summed E-state index contributed by atoms with van der Waals surface area (Å²) in [5.41, 5.74) is 0.254. The minimum atomic E-state index is -0.583. The van der Waals surface area contributed by atoms with Gasteiger partial charge in [-0.15, -0.1) is 0 Å². The molecule has 1 aliphatic heterocycles. The minimum Gasteiger partial charge on any atom is -0.452 e. The van der Waals surface area contributed by atoms with E-state index in [-0.39, 0.29) is 24.3 Å². The molecule has 1 amide bonds. The zero-order valence-corrected chi connectivity index (χ0v) is 11.0. The standard InChI is InChI=1S/C12H19N3O4/c1-9(2)12(18)19-8-11(17)14-4-6-15-5-3-13-10(15)7-16/h7,10,13H,1,3-6,8H2,2H3,(H,14,17). The quantitative estimate of drug-likeness (QED) is 0.338. The predicted octanol–water partition coefficient (Wildman–Crippen LogP) is -1.35. The van der Waals surface area contributed by atoms with Crippen molar-refractivity contribution in [1.82, 2.24) is 15.5 Å². The van der Waals surface area contributed by atoms with E-state index in [0.29, 0.717) is 13.1 Å². The van der Waals surface area contributed by atoms with Gasteiger partial charge in [-0.2, -0.15) is 0 Å². The van der Waals surface area contributed by atoms with Gasteiger partial charge in [-0.25, -0.2) is 4.79 Å². The maximum Gasteiger partial charge on any atom is 0.333 e. The van der Waals surface area contributed by atoms with E-state index in [1.807, 2.05) is 4.90 Å². The van der Waals surface area contributed by atoms with E-state index in [1.54, 1.807) is 0 Å². The summed E-state index contributed by atoms with van der Waals surface area (Å²) in [5.74, 6) is -0.954. The molecule has 1 unspecified atom stereocenters. The Kier molecular flexibility index (Phi) is 6.17. The van der Waals surface area contributed by atoms with Gasteiger partial charge in [0.15, 0.2) is 12.9 Å². The number of esters is 1. The van der Waals surface area contributed by atoms with Crippen molar-refractivity contribution in [2.45, 2.75) is 13.1 Å². The molecule has 0 aliphatic carbocycles. The molecule has 0 bridgehead atoms. The number of carbonyl (C=O) groups excluding carboxylic acids is 3. The van der Waals surface area contributed by atoms with E-state index in [2.05, 4.69) is 17.2 Å². The van der Waals surface area contributed by atoms with Gasteiger partial charge >= 0.3 is 5.97 Å². The lowest BCUT2D eigenvalue weighted by atomic mass is 10.4. The van der Waals surface area contributed by atoms with E-state index in [4.69, 9.17) is 4.74 Å². The third-order valence-electron chi connectivity index (χ3n) is 2.68. The summed E-state index contributed by atoms with van der Waals surface area (Å²) in [6.07, 6.45) is 0.557. The second-order valence-electron chi connectivity index (χ2n) is 4.28. The zero-order chi connectivity index (χ0) is 14.3. The Bertz CT molecular complexity index is 370. The first-order valence-electron chi connectivity index (χ1n) is 6.06. The molecule has 19 heavy (non-hydrogen) atoms. The van der Waals surface area contributed by atoms with Crippen molar-refractivity contribution in [3.8, 4) is 0 Å². The maximum absolute atomic E-state index is 11.4. The predicted molar refractivity (Wildman–Crippen MR) is 68.2 cm³/mol. The second kappa shape index (κ2) is 7.65. The highest BCUT2D eigenvalue weighted by Gasteiger charge is 2.22. The van der Waals surface area contributed by atoms with E-state index in [1.165, 1.54) is 6.92 Å². The zero-order valence-electron chi connectivity index (χ0n) is 11.0. The summed E-state index contributed by atoms with van der Waals surface area (Å²) >= 11 is 0. The van der Waals surface area contributed by atoms with Crippen LogP contribution in [0.25, 0.3) is 0 Å². The lowest BCUT2D eigenvalue weighted by molar-refractivity contribution is -0.144. The Balaban J connectivity index is 2.15. The molecule has 0 aromatic carbocycles. The Morgan fingerprint density at radius 3 is 2.95 bits per heavy atom. The molecule has 0 radical (unpaired) electrons. The minimum absolute atomic E-state index is 0.254. The average Bonchev–Trinajstić information content (AvgIpc) is 2.83. The number of rotatable bonds is 7. The number of nitrogens with zero attached hydrogens (tertiary/aromatic N) is 1. The number of aldehydes is 1. The number of nitrogens with one attached hydrogen (secondary N) is 2. The van der Waals surface area contributed by atoms with Crippen molar-refractivity contribution in [1.29, 1.82) is 0 Å². The van der Waals surface area contributed by atoms with Crippen molar-refractivity contribution < 1.29 is 19.1 Å². The van der Waals surface area contributed by atoms with Crippen LogP contribution in [0.15, 0.2) is 12.2 Å². The molecule has 1 aliphatic rings. The van der Waals surface area contributed by atoms with Gasteiger partial charge in [-0.05, 0) is 6.92 Å². The molecular weight excluding hydrogens is 250 g/mol. The molecule has 1 heterocycles. The molecule has 106 valence electrons. The summed E-state index contributed by atoms with van der Waals surface area (Å²) in [4.78, 5) is 35.1. The van der Waals surface area contributed by atoms with E-state index in [9.17, 15) is 14.4 Å². The lowest BCUT2D eigenvalue weighted by Gasteiger charge is -2.19. The van der Waals surface area contributed by atoms with Gasteiger partial charge in [0.2, 0.25) is 0 Å². The van der Waals surface area contributed by atoms with Crippen molar-refractivity contribution in [3.05, 3.63) is 12.2 Å². The molecule has 1 rings (SSSR count). The smallest absolute Gasteiger partial charge is 0.333 e. The highest BCUT2D eigenvalue weighted by atomic mass is 16.5. The van der Waals surface area contributed by atoms with Crippen molar-refractivity contribution >= 4 is 18.2 Å². The van der Waals surface area contributed by atoms with Gasteiger partial charge in [-0.1, -0.05) is 6.58 Å². The van der Waals surface area contributed by atoms with Gasteiger partial charge in [0, 0.05) is 31.8 Å². The second-order valence-corrected chi connectivity index (χ2v) is 4.28. The SMILES string of the molecule is C=C(C)C(=O)OCC(=O)NCCN1CCNC1C=O. The Morgan fingerprint density at radius 2 is 2.32 bits per heavy atom. The first kappa shape index (κ1) is 15.3. The molecule has 1 saturated heterocycles. The van der Waals surface area contributed by atoms with Gasteiger partial charge in [-0.3, -0.25) is 15.0 Å². The first-order chi connectivity index (χ1) is 9.04.